The van der Waals surface area contributed by atoms with E-state index in [1.807, 2.05) is 28.8 Å². The molecule has 0 unspecified atom stereocenters. The lowest BCUT2D eigenvalue weighted by Crippen LogP contribution is -2.42. The van der Waals surface area contributed by atoms with Gasteiger partial charge in [0, 0.05) is 50.4 Å². The van der Waals surface area contributed by atoms with Crippen LogP contribution >= 0.6 is 0 Å². The standard InChI is InChI=1S/C22H28N4O2/c27-21(18-13-26-9-2-1-6-20(26)24-18)23-10-16-17-12-25(11-15-4-3-5-15)14-22(17)8-7-19(16)28-22/h1-2,6,9,13,15-17,19H,3-5,7-8,10-12,14H2,(H,23,27)/t16-,17+,19+,22+/m0/s1. The lowest BCUT2D eigenvalue weighted by atomic mass is 9.73. The van der Waals surface area contributed by atoms with E-state index in [4.69, 9.17) is 4.74 Å². The Hall–Kier alpha value is -1.92. The number of hydrogen-bond acceptors (Lipinski definition) is 4. The molecular weight excluding hydrogens is 352 g/mol. The van der Waals surface area contributed by atoms with Crippen LogP contribution in [0.5, 0.6) is 0 Å². The van der Waals surface area contributed by atoms with Crippen molar-refractivity contribution in [3.05, 3.63) is 36.3 Å². The minimum Gasteiger partial charge on any atom is -0.370 e. The SMILES string of the molecule is O=C(NC[C@H]1[C@H]2CN(CC3CCC3)C[C@]23CC[C@H]1O3)c1cn2ccccc2n1. The molecule has 4 atom stereocenters. The average molecular weight is 380 g/mol. The van der Waals surface area contributed by atoms with Crippen molar-refractivity contribution in [2.75, 3.05) is 26.2 Å². The monoisotopic (exact) mass is 380 g/mol. The summed E-state index contributed by atoms with van der Waals surface area (Å²) in [7, 11) is 0. The molecule has 0 aromatic carbocycles. The number of carbonyl (C=O) groups is 1. The second-order valence-electron chi connectivity index (χ2n) is 9.32. The van der Waals surface area contributed by atoms with Crippen molar-refractivity contribution < 1.29 is 9.53 Å². The maximum atomic E-state index is 12.7. The van der Waals surface area contributed by atoms with Crippen LogP contribution in [-0.2, 0) is 4.74 Å². The zero-order chi connectivity index (χ0) is 18.7. The van der Waals surface area contributed by atoms with E-state index in [-0.39, 0.29) is 11.5 Å². The quantitative estimate of drug-likeness (QED) is 0.865. The highest BCUT2D eigenvalue weighted by atomic mass is 16.5. The first-order valence-electron chi connectivity index (χ1n) is 10.8. The van der Waals surface area contributed by atoms with Crippen LogP contribution in [0, 0.1) is 17.8 Å². The summed E-state index contributed by atoms with van der Waals surface area (Å²) in [5.41, 5.74) is 1.35. The van der Waals surface area contributed by atoms with Crippen LogP contribution in [0.15, 0.2) is 30.6 Å². The number of amides is 1. The number of pyridine rings is 1. The molecule has 1 aliphatic carbocycles. The van der Waals surface area contributed by atoms with Crippen LogP contribution in [0.4, 0.5) is 0 Å². The summed E-state index contributed by atoms with van der Waals surface area (Å²) in [4.78, 5) is 19.8. The maximum Gasteiger partial charge on any atom is 0.271 e. The van der Waals surface area contributed by atoms with Crippen LogP contribution in [0.2, 0.25) is 0 Å². The first-order chi connectivity index (χ1) is 13.7. The molecule has 4 fully saturated rings. The lowest BCUT2D eigenvalue weighted by Gasteiger charge is -2.31. The predicted octanol–water partition coefficient (Wildman–Crippen LogP) is 2.34. The van der Waals surface area contributed by atoms with Crippen LogP contribution < -0.4 is 5.32 Å². The van der Waals surface area contributed by atoms with Crippen LogP contribution in [0.1, 0.15) is 42.6 Å². The normalized spacial score (nSPS) is 34.6. The van der Waals surface area contributed by atoms with Crippen molar-refractivity contribution >= 4 is 11.6 Å². The number of ether oxygens (including phenoxy) is 1. The van der Waals surface area contributed by atoms with Gasteiger partial charge in [-0.05, 0) is 43.7 Å². The molecule has 1 amide bonds. The third-order valence-electron chi connectivity index (χ3n) is 7.69. The Kier molecular flexibility index (Phi) is 3.82. The van der Waals surface area contributed by atoms with E-state index in [1.165, 1.54) is 32.2 Å². The molecule has 3 aliphatic heterocycles. The second kappa shape index (κ2) is 6.29. The molecule has 28 heavy (non-hydrogen) atoms. The largest absolute Gasteiger partial charge is 0.370 e. The Labute approximate surface area is 165 Å². The van der Waals surface area contributed by atoms with Gasteiger partial charge in [-0.1, -0.05) is 12.5 Å². The van der Waals surface area contributed by atoms with Crippen molar-refractivity contribution in [2.45, 2.75) is 43.8 Å². The highest BCUT2D eigenvalue weighted by Gasteiger charge is 2.62. The summed E-state index contributed by atoms with van der Waals surface area (Å²) in [6.07, 6.45) is 10.6. The smallest absolute Gasteiger partial charge is 0.271 e. The predicted molar refractivity (Wildman–Crippen MR) is 105 cm³/mol. The minimum atomic E-state index is -0.0788. The first-order valence-corrected chi connectivity index (χ1v) is 10.8. The van der Waals surface area contributed by atoms with Gasteiger partial charge in [-0.2, -0.15) is 0 Å². The number of aromatic nitrogens is 2. The van der Waals surface area contributed by atoms with E-state index < -0.39 is 0 Å². The molecule has 2 bridgehead atoms. The van der Waals surface area contributed by atoms with E-state index in [0.717, 1.165) is 31.1 Å². The van der Waals surface area contributed by atoms with E-state index in [9.17, 15) is 4.79 Å². The highest BCUT2D eigenvalue weighted by molar-refractivity contribution is 5.92. The minimum absolute atomic E-state index is 0.0624. The van der Waals surface area contributed by atoms with Gasteiger partial charge in [-0.25, -0.2) is 4.98 Å². The number of nitrogens with zero attached hydrogens (tertiary/aromatic N) is 3. The molecule has 148 valence electrons. The van der Waals surface area contributed by atoms with Crippen molar-refractivity contribution in [1.29, 1.82) is 0 Å². The summed E-state index contributed by atoms with van der Waals surface area (Å²) in [6, 6.07) is 5.79. The molecule has 0 radical (unpaired) electrons. The summed E-state index contributed by atoms with van der Waals surface area (Å²) in [5.74, 6) is 1.82. The Morgan fingerprint density at radius 1 is 1.32 bits per heavy atom. The third-order valence-corrected chi connectivity index (χ3v) is 7.69. The lowest BCUT2D eigenvalue weighted by molar-refractivity contribution is 0.000541. The summed E-state index contributed by atoms with van der Waals surface area (Å²) < 4.78 is 8.42. The molecule has 2 aromatic rings. The van der Waals surface area contributed by atoms with Crippen LogP contribution in [-0.4, -0.2) is 58.1 Å². The van der Waals surface area contributed by atoms with E-state index in [0.29, 0.717) is 30.2 Å². The summed E-state index contributed by atoms with van der Waals surface area (Å²) >= 11 is 0. The zero-order valence-corrected chi connectivity index (χ0v) is 16.2. The second-order valence-corrected chi connectivity index (χ2v) is 9.32. The molecule has 1 N–H and O–H groups in total. The summed E-state index contributed by atoms with van der Waals surface area (Å²) in [6.45, 7) is 4.18. The van der Waals surface area contributed by atoms with Gasteiger partial charge in [-0.3, -0.25) is 9.69 Å². The van der Waals surface area contributed by atoms with Crippen LogP contribution in [0.25, 0.3) is 5.65 Å². The number of nitrogens with one attached hydrogen (secondary N) is 1. The number of hydrogen-bond donors (Lipinski definition) is 1. The number of likely N-dealkylation sites (tertiary alicyclic amines) is 1. The topological polar surface area (TPSA) is 58.9 Å². The van der Waals surface area contributed by atoms with Crippen molar-refractivity contribution in [3.63, 3.8) is 0 Å². The molecule has 6 heteroatoms. The zero-order valence-electron chi connectivity index (χ0n) is 16.2. The molecule has 6 rings (SSSR count). The Balaban J connectivity index is 1.13. The highest BCUT2D eigenvalue weighted by Crippen LogP contribution is 2.54. The average Bonchev–Trinajstić information content (AvgIpc) is 3.40. The van der Waals surface area contributed by atoms with Gasteiger partial charge in [0.05, 0.1) is 11.7 Å². The van der Waals surface area contributed by atoms with Gasteiger partial charge >= 0.3 is 0 Å². The van der Waals surface area contributed by atoms with Gasteiger partial charge in [0.1, 0.15) is 11.3 Å². The third kappa shape index (κ3) is 2.61. The fourth-order valence-electron chi connectivity index (χ4n) is 6.08. The molecule has 4 aliphatic rings. The van der Waals surface area contributed by atoms with Crippen LogP contribution in [0.3, 0.4) is 0 Å². The van der Waals surface area contributed by atoms with Gasteiger partial charge in [0.25, 0.3) is 5.91 Å². The van der Waals surface area contributed by atoms with Gasteiger partial charge in [-0.15, -0.1) is 0 Å². The molecule has 2 aromatic heterocycles. The molecular formula is C22H28N4O2. The van der Waals surface area contributed by atoms with Crippen molar-refractivity contribution in [1.82, 2.24) is 19.6 Å². The van der Waals surface area contributed by atoms with Crippen molar-refractivity contribution in [3.8, 4) is 0 Å². The molecule has 1 spiro atoms. The Morgan fingerprint density at radius 2 is 2.25 bits per heavy atom. The number of carbonyl (C=O) groups excluding carboxylic acids is 1. The first kappa shape index (κ1) is 17.0. The van der Waals surface area contributed by atoms with Crippen molar-refractivity contribution in [2.24, 2.45) is 17.8 Å². The Bertz CT molecular complexity index is 874. The molecule has 5 heterocycles. The molecule has 3 saturated heterocycles. The Morgan fingerprint density at radius 3 is 3.07 bits per heavy atom. The number of rotatable bonds is 5. The molecule has 1 saturated carbocycles. The molecule has 6 nitrogen and oxygen atoms in total. The van der Waals surface area contributed by atoms with E-state index in [1.54, 1.807) is 6.20 Å². The van der Waals surface area contributed by atoms with E-state index >= 15 is 0 Å². The fourth-order valence-corrected chi connectivity index (χ4v) is 6.08. The summed E-state index contributed by atoms with van der Waals surface area (Å²) in [5, 5.41) is 3.16. The number of fused-ring (bicyclic) bond motifs is 2. The maximum absolute atomic E-state index is 12.7. The van der Waals surface area contributed by atoms with Gasteiger partial charge in [0.15, 0.2) is 0 Å². The van der Waals surface area contributed by atoms with E-state index in [2.05, 4.69) is 15.2 Å². The number of imidazole rings is 1. The van der Waals surface area contributed by atoms with Gasteiger partial charge < -0.3 is 14.5 Å². The fraction of sp³-hybridized carbons (Fsp3) is 0.636. The van der Waals surface area contributed by atoms with Gasteiger partial charge in [0.2, 0.25) is 0 Å².